The maximum atomic E-state index is 12.6. The fraction of sp³-hybridized carbons (Fsp3) is 0.480. The minimum atomic E-state index is -0.131. The van der Waals surface area contributed by atoms with E-state index in [0.29, 0.717) is 25.4 Å². The lowest BCUT2D eigenvalue weighted by atomic mass is 10.1. The highest BCUT2D eigenvalue weighted by atomic mass is 16.5. The van der Waals surface area contributed by atoms with Gasteiger partial charge >= 0.3 is 0 Å². The van der Waals surface area contributed by atoms with Gasteiger partial charge in [0.25, 0.3) is 0 Å². The van der Waals surface area contributed by atoms with Crippen molar-refractivity contribution >= 4 is 5.91 Å². The Labute approximate surface area is 181 Å². The molecule has 0 saturated heterocycles. The highest BCUT2D eigenvalue weighted by Gasteiger charge is 2.15. The zero-order valence-electron chi connectivity index (χ0n) is 18.6. The van der Waals surface area contributed by atoms with Crippen LogP contribution in [0.1, 0.15) is 50.8 Å². The number of carbonyl (C=O) groups excluding carboxylic acids is 1. The molecule has 0 heterocycles. The monoisotopic (exact) mass is 411 g/mol. The van der Waals surface area contributed by atoms with Gasteiger partial charge in [-0.25, -0.2) is 0 Å². The van der Waals surface area contributed by atoms with Gasteiger partial charge in [0, 0.05) is 19.1 Å². The second kappa shape index (κ2) is 13.0. The van der Waals surface area contributed by atoms with Crippen molar-refractivity contribution in [2.75, 3.05) is 19.7 Å². The van der Waals surface area contributed by atoms with Crippen LogP contribution in [0.3, 0.4) is 0 Å². The Hall–Kier alpha value is -2.37. The van der Waals surface area contributed by atoms with Crippen LogP contribution in [0.5, 0.6) is 5.75 Å². The van der Waals surface area contributed by atoms with E-state index in [9.17, 15) is 4.79 Å². The molecule has 1 unspecified atom stereocenters. The number of benzene rings is 2. The Morgan fingerprint density at radius 1 is 1.03 bits per heavy atom. The molecule has 5 heteroatoms. The molecular weight excluding hydrogens is 374 g/mol. The summed E-state index contributed by atoms with van der Waals surface area (Å²) in [4.78, 5) is 12.6. The molecule has 0 saturated carbocycles. The van der Waals surface area contributed by atoms with Crippen molar-refractivity contribution in [3.63, 3.8) is 0 Å². The second-order valence-corrected chi connectivity index (χ2v) is 8.19. The van der Waals surface area contributed by atoms with Gasteiger partial charge in [0.05, 0.1) is 19.1 Å². The van der Waals surface area contributed by atoms with E-state index in [-0.39, 0.29) is 18.0 Å². The van der Waals surface area contributed by atoms with Gasteiger partial charge in [-0.1, -0.05) is 62.7 Å². The van der Waals surface area contributed by atoms with Crippen LogP contribution in [0.2, 0.25) is 0 Å². The van der Waals surface area contributed by atoms with Gasteiger partial charge < -0.3 is 21.1 Å². The minimum absolute atomic E-state index is 0.00233. The van der Waals surface area contributed by atoms with E-state index < -0.39 is 0 Å². The van der Waals surface area contributed by atoms with Crippen molar-refractivity contribution in [2.24, 2.45) is 11.7 Å². The van der Waals surface area contributed by atoms with E-state index in [2.05, 4.69) is 24.5 Å². The normalized spacial score (nSPS) is 14.0. The number of amides is 1. The standard InChI is InChI=1S/C25H37N3O2/c1-4-8-19(2)18-30-23-13-11-22(12-14-23)24(17-27-16-20(3)26)28-25(29)15-21-9-6-5-7-10-21/h5-7,9-14,19-20,24,27H,4,8,15-18,26H2,1-3H3,(H,28,29)/t19?,20-,24-/m0/s1. The fourth-order valence-corrected chi connectivity index (χ4v) is 3.35. The summed E-state index contributed by atoms with van der Waals surface area (Å²) in [5.41, 5.74) is 7.90. The summed E-state index contributed by atoms with van der Waals surface area (Å²) >= 11 is 0. The molecule has 5 nitrogen and oxygen atoms in total. The summed E-state index contributed by atoms with van der Waals surface area (Å²) in [7, 11) is 0. The van der Waals surface area contributed by atoms with E-state index in [1.165, 1.54) is 12.8 Å². The van der Waals surface area contributed by atoms with E-state index in [4.69, 9.17) is 10.5 Å². The van der Waals surface area contributed by atoms with Gasteiger partial charge in [-0.2, -0.15) is 0 Å². The van der Waals surface area contributed by atoms with Crippen LogP contribution in [-0.2, 0) is 11.2 Å². The molecule has 0 aliphatic rings. The van der Waals surface area contributed by atoms with Gasteiger partial charge in [-0.15, -0.1) is 0 Å². The second-order valence-electron chi connectivity index (χ2n) is 8.19. The number of nitrogens with two attached hydrogens (primary N) is 1. The number of hydrogen-bond donors (Lipinski definition) is 3. The summed E-state index contributed by atoms with van der Waals surface area (Å²) in [5.74, 6) is 1.41. The molecule has 1 amide bonds. The number of carbonyl (C=O) groups is 1. The first-order valence-corrected chi connectivity index (χ1v) is 11.0. The number of rotatable bonds is 13. The van der Waals surface area contributed by atoms with Gasteiger partial charge in [-0.3, -0.25) is 4.79 Å². The van der Waals surface area contributed by atoms with Crippen LogP contribution in [0.4, 0.5) is 0 Å². The van der Waals surface area contributed by atoms with Crippen LogP contribution in [0.25, 0.3) is 0 Å². The Balaban J connectivity index is 1.99. The number of nitrogens with one attached hydrogen (secondary N) is 2. The quantitative estimate of drug-likeness (QED) is 0.468. The van der Waals surface area contributed by atoms with Crippen molar-refractivity contribution in [3.05, 3.63) is 65.7 Å². The van der Waals surface area contributed by atoms with E-state index >= 15 is 0 Å². The predicted octanol–water partition coefficient (Wildman–Crippen LogP) is 3.84. The lowest BCUT2D eigenvalue weighted by Gasteiger charge is -2.21. The fourth-order valence-electron chi connectivity index (χ4n) is 3.35. The first-order valence-electron chi connectivity index (χ1n) is 11.0. The summed E-state index contributed by atoms with van der Waals surface area (Å²) < 4.78 is 5.91. The van der Waals surface area contributed by atoms with Gasteiger partial charge in [0.15, 0.2) is 0 Å². The summed E-state index contributed by atoms with van der Waals surface area (Å²) in [6, 6.07) is 17.7. The van der Waals surface area contributed by atoms with E-state index in [1.54, 1.807) is 0 Å². The molecule has 30 heavy (non-hydrogen) atoms. The van der Waals surface area contributed by atoms with Gasteiger partial charge in [-0.05, 0) is 42.5 Å². The third-order valence-corrected chi connectivity index (χ3v) is 4.96. The summed E-state index contributed by atoms with van der Waals surface area (Å²) in [6.45, 7) is 8.40. The summed E-state index contributed by atoms with van der Waals surface area (Å²) in [6.07, 6.45) is 2.70. The molecule has 0 spiro atoms. The minimum Gasteiger partial charge on any atom is -0.493 e. The van der Waals surface area contributed by atoms with E-state index in [1.807, 2.05) is 61.5 Å². The zero-order chi connectivity index (χ0) is 21.8. The van der Waals surface area contributed by atoms with Crippen LogP contribution in [0.15, 0.2) is 54.6 Å². The highest BCUT2D eigenvalue weighted by Crippen LogP contribution is 2.19. The Morgan fingerprint density at radius 3 is 2.37 bits per heavy atom. The topological polar surface area (TPSA) is 76.4 Å². The number of ether oxygens (including phenoxy) is 1. The first kappa shape index (κ1) is 23.9. The average Bonchev–Trinajstić information content (AvgIpc) is 2.72. The zero-order valence-corrected chi connectivity index (χ0v) is 18.6. The lowest BCUT2D eigenvalue weighted by Crippen LogP contribution is -2.39. The van der Waals surface area contributed by atoms with Crippen LogP contribution in [-0.4, -0.2) is 31.6 Å². The van der Waals surface area contributed by atoms with E-state index in [0.717, 1.165) is 23.5 Å². The van der Waals surface area contributed by atoms with Crippen molar-refractivity contribution < 1.29 is 9.53 Å². The van der Waals surface area contributed by atoms with Gasteiger partial charge in [0.1, 0.15) is 5.75 Å². The third-order valence-electron chi connectivity index (χ3n) is 4.96. The Bertz CT molecular complexity index is 732. The SMILES string of the molecule is CCCC(C)COc1ccc([C@H](CNC[C@H](C)N)NC(=O)Cc2ccccc2)cc1. The molecule has 0 aromatic heterocycles. The molecule has 0 fully saturated rings. The molecule has 0 bridgehead atoms. The third kappa shape index (κ3) is 8.97. The maximum absolute atomic E-state index is 12.6. The molecular formula is C25H37N3O2. The Kier molecular flexibility index (Phi) is 10.4. The molecule has 0 radical (unpaired) electrons. The van der Waals surface area contributed by atoms with Crippen molar-refractivity contribution in [1.82, 2.24) is 10.6 Å². The molecule has 2 aromatic carbocycles. The molecule has 4 N–H and O–H groups in total. The average molecular weight is 412 g/mol. The molecule has 164 valence electrons. The van der Waals surface area contributed by atoms with Crippen LogP contribution < -0.4 is 21.1 Å². The molecule has 0 aliphatic carbocycles. The van der Waals surface area contributed by atoms with Crippen LogP contribution in [0, 0.1) is 5.92 Å². The van der Waals surface area contributed by atoms with Crippen LogP contribution >= 0.6 is 0 Å². The van der Waals surface area contributed by atoms with Crippen molar-refractivity contribution in [2.45, 2.75) is 52.1 Å². The molecule has 2 rings (SSSR count). The number of hydrogen-bond acceptors (Lipinski definition) is 4. The highest BCUT2D eigenvalue weighted by molar-refractivity contribution is 5.79. The molecule has 0 aliphatic heterocycles. The summed E-state index contributed by atoms with van der Waals surface area (Å²) in [5, 5.41) is 6.51. The molecule has 3 atom stereocenters. The maximum Gasteiger partial charge on any atom is 0.224 e. The van der Waals surface area contributed by atoms with Crippen molar-refractivity contribution in [3.8, 4) is 5.75 Å². The Morgan fingerprint density at radius 2 is 1.73 bits per heavy atom. The molecule has 2 aromatic rings. The first-order chi connectivity index (χ1) is 14.5. The lowest BCUT2D eigenvalue weighted by molar-refractivity contribution is -0.121. The smallest absolute Gasteiger partial charge is 0.224 e. The largest absolute Gasteiger partial charge is 0.493 e. The predicted molar refractivity (Wildman–Crippen MR) is 124 cm³/mol. The van der Waals surface area contributed by atoms with Gasteiger partial charge in [0.2, 0.25) is 5.91 Å². The van der Waals surface area contributed by atoms with Crippen molar-refractivity contribution in [1.29, 1.82) is 0 Å².